The van der Waals surface area contributed by atoms with Crippen molar-refractivity contribution >= 4 is 29.0 Å². The molecule has 0 spiro atoms. The summed E-state index contributed by atoms with van der Waals surface area (Å²) >= 11 is 0.896. The number of thioether (sulfide) groups is 1. The molecule has 0 radical (unpaired) electrons. The molecule has 1 aliphatic rings. The van der Waals surface area contributed by atoms with Crippen molar-refractivity contribution in [1.82, 2.24) is 5.32 Å². The van der Waals surface area contributed by atoms with E-state index < -0.39 is 0 Å². The molecule has 1 aliphatic heterocycles. The zero-order chi connectivity index (χ0) is 19.0. The molecule has 0 atom stereocenters. The normalized spacial score (nSPS) is 17.6. The van der Waals surface area contributed by atoms with Crippen molar-refractivity contribution in [2.24, 2.45) is 0 Å². The van der Waals surface area contributed by atoms with E-state index in [-0.39, 0.29) is 22.0 Å². The van der Waals surface area contributed by atoms with Crippen LogP contribution in [0.15, 0.2) is 29.2 Å². The molecule has 0 bridgehead atoms. The van der Waals surface area contributed by atoms with Gasteiger partial charge >= 0.3 is 0 Å². The Kier molecular flexibility index (Phi) is 5.19. The largest absolute Gasteiger partial charge is 0.507 e. The molecule has 4 nitrogen and oxygen atoms in total. The predicted octanol–water partition coefficient (Wildman–Crippen LogP) is 4.87. The Bertz CT molecular complexity index is 742. The highest BCUT2D eigenvalue weighted by atomic mass is 32.2. The van der Waals surface area contributed by atoms with Crippen LogP contribution in [-0.2, 0) is 15.6 Å². The van der Waals surface area contributed by atoms with Gasteiger partial charge in [0.05, 0.1) is 4.91 Å². The molecular weight excluding hydrogens is 334 g/mol. The van der Waals surface area contributed by atoms with Gasteiger partial charge < -0.3 is 5.11 Å². The van der Waals surface area contributed by atoms with Crippen LogP contribution in [0.1, 0.15) is 58.2 Å². The number of rotatable bonds is 2. The van der Waals surface area contributed by atoms with Crippen LogP contribution in [0.2, 0.25) is 0 Å². The number of amides is 2. The first-order valence-electron chi connectivity index (χ1n) is 8.19. The van der Waals surface area contributed by atoms with Crippen LogP contribution < -0.4 is 5.32 Å². The minimum Gasteiger partial charge on any atom is -0.507 e. The van der Waals surface area contributed by atoms with Gasteiger partial charge in [-0.25, -0.2) is 0 Å². The van der Waals surface area contributed by atoms with Gasteiger partial charge in [-0.2, -0.15) is 0 Å². The Hall–Kier alpha value is -2.01. The smallest absolute Gasteiger partial charge is 0.290 e. The van der Waals surface area contributed by atoms with E-state index in [1.807, 2.05) is 18.2 Å². The molecule has 134 valence electrons. The second-order valence-electron chi connectivity index (χ2n) is 8.20. The summed E-state index contributed by atoms with van der Waals surface area (Å²) in [6.45, 7) is 12.4. The van der Waals surface area contributed by atoms with Gasteiger partial charge in [-0.1, -0.05) is 53.7 Å². The third kappa shape index (κ3) is 4.54. The van der Waals surface area contributed by atoms with Gasteiger partial charge in [0.25, 0.3) is 11.1 Å². The van der Waals surface area contributed by atoms with E-state index in [9.17, 15) is 14.7 Å². The fourth-order valence-corrected chi connectivity index (χ4v) is 3.21. The standard InChI is InChI=1S/C20H25NO3S/c1-19(2,3)13-10-12(11-14(16(13)22)20(4,5)6)8-7-9-15-17(23)21-18(24)25-15/h7-11,22H,1-6H3,(H,21,23,24). The molecule has 1 aromatic carbocycles. The Morgan fingerprint density at radius 2 is 1.52 bits per heavy atom. The lowest BCUT2D eigenvalue weighted by molar-refractivity contribution is -0.115. The number of carbonyl (C=O) groups excluding carboxylic acids is 2. The third-order valence-corrected chi connectivity index (χ3v) is 4.76. The molecular formula is C20H25NO3S. The predicted molar refractivity (Wildman–Crippen MR) is 104 cm³/mol. The van der Waals surface area contributed by atoms with Gasteiger partial charge in [-0.3, -0.25) is 14.9 Å². The molecule has 2 rings (SSSR count). The number of hydrogen-bond acceptors (Lipinski definition) is 4. The summed E-state index contributed by atoms with van der Waals surface area (Å²) in [4.78, 5) is 23.1. The maximum absolute atomic E-state index is 11.6. The lowest BCUT2D eigenvalue weighted by Crippen LogP contribution is -2.17. The summed E-state index contributed by atoms with van der Waals surface area (Å²) in [5.41, 5.74) is 2.32. The van der Waals surface area contributed by atoms with Gasteiger partial charge in [0.15, 0.2) is 0 Å². The number of allylic oxidation sites excluding steroid dienone is 2. The summed E-state index contributed by atoms with van der Waals surface area (Å²) in [7, 11) is 0. The van der Waals surface area contributed by atoms with Crippen LogP contribution in [0.4, 0.5) is 4.79 Å². The van der Waals surface area contributed by atoms with Crippen molar-refractivity contribution in [2.75, 3.05) is 0 Å². The van der Waals surface area contributed by atoms with Crippen LogP contribution in [0.3, 0.4) is 0 Å². The molecule has 1 aromatic rings. The second kappa shape index (κ2) is 6.71. The first kappa shape index (κ1) is 19.3. The molecule has 25 heavy (non-hydrogen) atoms. The van der Waals surface area contributed by atoms with E-state index in [2.05, 4.69) is 46.9 Å². The van der Waals surface area contributed by atoms with Crippen LogP contribution >= 0.6 is 11.8 Å². The number of hydrogen-bond donors (Lipinski definition) is 2. The molecule has 5 heteroatoms. The quantitative estimate of drug-likeness (QED) is 0.740. The number of aromatic hydroxyl groups is 1. The van der Waals surface area contributed by atoms with Gasteiger partial charge in [-0.05, 0) is 46.4 Å². The van der Waals surface area contributed by atoms with Crippen LogP contribution in [0.25, 0.3) is 6.08 Å². The molecule has 2 N–H and O–H groups in total. The average molecular weight is 359 g/mol. The molecule has 0 unspecified atom stereocenters. The topological polar surface area (TPSA) is 66.4 Å². The van der Waals surface area contributed by atoms with Gasteiger partial charge in [-0.15, -0.1) is 0 Å². The fraction of sp³-hybridized carbons (Fsp3) is 0.400. The Morgan fingerprint density at radius 1 is 1.00 bits per heavy atom. The van der Waals surface area contributed by atoms with E-state index in [1.54, 1.807) is 12.2 Å². The van der Waals surface area contributed by atoms with Crippen LogP contribution in [0, 0.1) is 0 Å². The maximum Gasteiger partial charge on any atom is 0.290 e. The van der Waals surface area contributed by atoms with Crippen molar-refractivity contribution in [2.45, 2.75) is 52.4 Å². The first-order chi connectivity index (χ1) is 11.4. The average Bonchev–Trinajstić information content (AvgIpc) is 2.76. The van der Waals surface area contributed by atoms with Gasteiger partial charge in [0, 0.05) is 11.1 Å². The number of phenols is 1. The number of nitrogens with one attached hydrogen (secondary N) is 1. The Morgan fingerprint density at radius 3 is 1.92 bits per heavy atom. The number of imide groups is 1. The highest BCUT2D eigenvalue weighted by molar-refractivity contribution is 8.18. The lowest BCUT2D eigenvalue weighted by Gasteiger charge is -2.27. The molecule has 1 saturated heterocycles. The zero-order valence-corrected chi connectivity index (χ0v) is 16.4. The Balaban J connectivity index is 2.44. The second-order valence-corrected chi connectivity index (χ2v) is 9.21. The molecule has 0 aromatic heterocycles. The van der Waals surface area contributed by atoms with Crippen molar-refractivity contribution in [3.05, 3.63) is 45.9 Å². The minimum absolute atomic E-state index is 0.194. The molecule has 0 aliphatic carbocycles. The Labute approximate surface area is 153 Å². The lowest BCUT2D eigenvalue weighted by atomic mass is 9.78. The first-order valence-corrected chi connectivity index (χ1v) is 9.01. The molecule has 1 heterocycles. The highest BCUT2D eigenvalue weighted by Gasteiger charge is 2.26. The van der Waals surface area contributed by atoms with E-state index in [0.29, 0.717) is 10.7 Å². The zero-order valence-electron chi connectivity index (χ0n) is 15.6. The molecule has 2 amide bonds. The number of benzene rings is 1. The van der Waals surface area contributed by atoms with Crippen molar-refractivity contribution in [3.63, 3.8) is 0 Å². The van der Waals surface area contributed by atoms with E-state index in [4.69, 9.17) is 0 Å². The van der Waals surface area contributed by atoms with Crippen LogP contribution in [-0.4, -0.2) is 16.3 Å². The third-order valence-electron chi connectivity index (χ3n) is 3.93. The van der Waals surface area contributed by atoms with E-state index >= 15 is 0 Å². The van der Waals surface area contributed by atoms with E-state index in [1.165, 1.54) is 0 Å². The fourth-order valence-electron chi connectivity index (χ4n) is 2.58. The maximum atomic E-state index is 11.6. The summed E-state index contributed by atoms with van der Waals surface area (Å²) in [6.07, 6.45) is 5.27. The molecule has 1 fully saturated rings. The highest BCUT2D eigenvalue weighted by Crippen LogP contribution is 2.40. The van der Waals surface area contributed by atoms with Gasteiger partial charge in [0.1, 0.15) is 5.75 Å². The van der Waals surface area contributed by atoms with Crippen molar-refractivity contribution in [1.29, 1.82) is 0 Å². The summed E-state index contributed by atoms with van der Waals surface area (Å²) in [5.74, 6) is -0.0251. The SMILES string of the molecule is CC(C)(C)c1cc(C=CC=C2SC(=O)NC2=O)cc(C(C)(C)C)c1O. The number of phenolic OH excluding ortho intramolecular Hbond substituents is 1. The van der Waals surface area contributed by atoms with Crippen molar-refractivity contribution in [3.8, 4) is 5.75 Å². The monoisotopic (exact) mass is 359 g/mol. The summed E-state index contributed by atoms with van der Waals surface area (Å²) in [6, 6.07) is 3.93. The summed E-state index contributed by atoms with van der Waals surface area (Å²) < 4.78 is 0. The minimum atomic E-state index is -0.365. The van der Waals surface area contributed by atoms with E-state index in [0.717, 1.165) is 28.5 Å². The van der Waals surface area contributed by atoms with Crippen LogP contribution in [0.5, 0.6) is 5.75 Å². The number of carbonyl (C=O) groups is 2. The summed E-state index contributed by atoms with van der Waals surface area (Å²) in [5, 5.41) is 12.6. The molecule has 0 saturated carbocycles. The van der Waals surface area contributed by atoms with Crippen molar-refractivity contribution < 1.29 is 14.7 Å². The van der Waals surface area contributed by atoms with Gasteiger partial charge in [0.2, 0.25) is 0 Å².